The van der Waals surface area contributed by atoms with Gasteiger partial charge in [-0.15, -0.1) is 0 Å². The first kappa shape index (κ1) is 26.0. The molecule has 0 bridgehead atoms. The summed E-state index contributed by atoms with van der Waals surface area (Å²) in [6.45, 7) is 1.15. The molecule has 7 nitrogen and oxygen atoms in total. The van der Waals surface area contributed by atoms with Crippen LogP contribution < -0.4 is 9.47 Å². The average Bonchev–Trinajstić information content (AvgIpc) is 3.33. The molecule has 0 amide bonds. The minimum absolute atomic E-state index is 0.379. The predicted octanol–water partition coefficient (Wildman–Crippen LogP) is 4.63. The van der Waals surface area contributed by atoms with Gasteiger partial charge in [-0.1, -0.05) is 64.5 Å². The predicted molar refractivity (Wildman–Crippen MR) is 150 cm³/mol. The number of aromatic nitrogens is 2. The number of benzene rings is 2. The highest BCUT2D eigenvalue weighted by atomic mass is 79.9. The van der Waals surface area contributed by atoms with Gasteiger partial charge in [-0.2, -0.15) is 0 Å². The van der Waals surface area contributed by atoms with E-state index in [1.807, 2.05) is 80.0 Å². The van der Waals surface area contributed by atoms with Crippen molar-refractivity contribution in [3.63, 3.8) is 0 Å². The normalized spacial score (nSPS) is 27.2. The number of rotatable bonds is 7. The smallest absolute Gasteiger partial charge is 0.177 e. The van der Waals surface area contributed by atoms with Crippen molar-refractivity contribution in [2.45, 2.75) is 29.8 Å². The number of nitrogens with zero attached hydrogens (tertiary/aromatic N) is 3. The Balaban J connectivity index is 1.55. The maximum atomic E-state index is 12.9. The molecule has 0 saturated heterocycles. The summed E-state index contributed by atoms with van der Waals surface area (Å²) in [4.78, 5) is 10.7. The van der Waals surface area contributed by atoms with Crippen LogP contribution in [0.4, 0.5) is 0 Å². The van der Waals surface area contributed by atoms with Gasteiger partial charge >= 0.3 is 0 Å². The van der Waals surface area contributed by atoms with Crippen molar-refractivity contribution in [1.82, 2.24) is 14.9 Å². The Kier molecular flexibility index (Phi) is 6.67. The summed E-state index contributed by atoms with van der Waals surface area (Å²) in [7, 11) is 3.56. The van der Waals surface area contributed by atoms with E-state index in [4.69, 9.17) is 9.47 Å². The fraction of sp³-hybridized carbons (Fsp3) is 0.290. The second-order valence-electron chi connectivity index (χ2n) is 10.4. The van der Waals surface area contributed by atoms with Gasteiger partial charge in [-0.25, -0.2) is 0 Å². The van der Waals surface area contributed by atoms with E-state index in [1.54, 1.807) is 18.6 Å². The largest absolute Gasteiger partial charge is 0.495 e. The summed E-state index contributed by atoms with van der Waals surface area (Å²) < 4.78 is 13.4. The van der Waals surface area contributed by atoms with Gasteiger partial charge in [0.15, 0.2) is 11.2 Å². The maximum absolute atomic E-state index is 12.9. The summed E-state index contributed by atoms with van der Waals surface area (Å²) in [5.74, 6) is -0.0202. The lowest BCUT2D eigenvalue weighted by Gasteiger charge is -2.41. The molecule has 1 aliphatic carbocycles. The zero-order valence-electron chi connectivity index (χ0n) is 21.7. The average molecular weight is 589 g/mol. The molecule has 1 fully saturated rings. The Hall–Kier alpha value is -3.30. The van der Waals surface area contributed by atoms with Crippen molar-refractivity contribution in [1.29, 1.82) is 0 Å². The SMILES string of the molecule is COc1cncc2c1[C@]1(O)[C@H](O)[C@H](CN(C)Cc3cccnc3)[C@@H](c3ccccc3)[C@]1(c1ccc(Br)cc1)O2. The molecule has 0 unspecified atom stereocenters. The Bertz CT molecular complexity index is 1460. The molecular formula is C31H30BrN3O4. The fourth-order valence-corrected chi connectivity index (χ4v) is 6.93. The van der Waals surface area contributed by atoms with E-state index in [0.29, 0.717) is 30.2 Å². The highest BCUT2D eigenvalue weighted by Gasteiger charge is 2.76. The van der Waals surface area contributed by atoms with Crippen molar-refractivity contribution in [3.05, 3.63) is 118 Å². The quantitative estimate of drug-likeness (QED) is 0.326. The molecule has 2 aromatic carbocycles. The molecule has 6 rings (SSSR count). The first-order valence-corrected chi connectivity index (χ1v) is 13.7. The highest BCUT2D eigenvalue weighted by Crippen LogP contribution is 2.69. The molecule has 2 N–H and O–H groups in total. The van der Waals surface area contributed by atoms with Crippen LogP contribution in [-0.2, 0) is 17.7 Å². The van der Waals surface area contributed by atoms with Crippen LogP contribution in [0.15, 0.2) is 96.0 Å². The number of aliphatic hydroxyl groups is 2. The number of fused-ring (bicyclic) bond motifs is 3. The zero-order chi connectivity index (χ0) is 27.2. The third kappa shape index (κ3) is 3.97. The molecule has 200 valence electrons. The first-order chi connectivity index (χ1) is 18.9. The first-order valence-electron chi connectivity index (χ1n) is 12.9. The van der Waals surface area contributed by atoms with Crippen molar-refractivity contribution >= 4 is 15.9 Å². The monoisotopic (exact) mass is 587 g/mol. The summed E-state index contributed by atoms with van der Waals surface area (Å²) in [5, 5.41) is 25.2. The van der Waals surface area contributed by atoms with E-state index in [2.05, 4.69) is 30.8 Å². The molecular weight excluding hydrogens is 558 g/mol. The summed E-state index contributed by atoms with van der Waals surface area (Å²) in [6.07, 6.45) is 5.57. The van der Waals surface area contributed by atoms with Gasteiger partial charge in [0.25, 0.3) is 0 Å². The van der Waals surface area contributed by atoms with E-state index in [1.165, 1.54) is 7.11 Å². The third-order valence-electron chi connectivity index (χ3n) is 8.14. The minimum Gasteiger partial charge on any atom is -0.495 e. The van der Waals surface area contributed by atoms with Crippen LogP contribution in [0.1, 0.15) is 28.2 Å². The number of methoxy groups -OCH3 is 1. The zero-order valence-corrected chi connectivity index (χ0v) is 23.3. The highest BCUT2D eigenvalue weighted by molar-refractivity contribution is 9.10. The summed E-state index contributed by atoms with van der Waals surface area (Å²) >= 11 is 3.54. The molecule has 0 radical (unpaired) electrons. The van der Waals surface area contributed by atoms with Gasteiger partial charge in [0.05, 0.1) is 31.2 Å². The molecule has 39 heavy (non-hydrogen) atoms. The van der Waals surface area contributed by atoms with Crippen molar-refractivity contribution < 1.29 is 19.7 Å². The van der Waals surface area contributed by atoms with Gasteiger partial charge in [-0.05, 0) is 41.9 Å². The van der Waals surface area contributed by atoms with Crippen LogP contribution in [0.25, 0.3) is 0 Å². The van der Waals surface area contributed by atoms with E-state index >= 15 is 0 Å². The standard InChI is InChI=1S/C31H30BrN3O4/c1-35(18-20-7-6-14-33-15-20)19-24-27(21-8-4-3-5-9-21)31(22-10-12-23(32)13-11-22)30(37,29(24)36)28-25(38-2)16-34-17-26(28)39-31/h3-17,24,27,29,36-37H,18-19H2,1-2H3/t24-,27-,29-,30+,31+/m1/s1. The van der Waals surface area contributed by atoms with Gasteiger partial charge in [0.1, 0.15) is 11.5 Å². The van der Waals surface area contributed by atoms with Crippen molar-refractivity contribution in [2.24, 2.45) is 5.92 Å². The lowest BCUT2D eigenvalue weighted by Crippen LogP contribution is -2.52. The molecule has 2 aromatic heterocycles. The van der Waals surface area contributed by atoms with Crippen molar-refractivity contribution in [3.8, 4) is 11.5 Å². The van der Waals surface area contributed by atoms with E-state index in [-0.39, 0.29) is 0 Å². The van der Waals surface area contributed by atoms with E-state index in [0.717, 1.165) is 21.2 Å². The molecule has 1 saturated carbocycles. The van der Waals surface area contributed by atoms with Crippen LogP contribution >= 0.6 is 15.9 Å². The van der Waals surface area contributed by atoms with E-state index < -0.39 is 29.1 Å². The Labute approximate surface area is 236 Å². The van der Waals surface area contributed by atoms with Crippen molar-refractivity contribution in [2.75, 3.05) is 20.7 Å². The second-order valence-corrected chi connectivity index (χ2v) is 11.3. The molecule has 2 aliphatic rings. The molecule has 5 atom stereocenters. The second kappa shape index (κ2) is 10.0. The maximum Gasteiger partial charge on any atom is 0.177 e. The van der Waals surface area contributed by atoms with Crippen LogP contribution in [-0.4, -0.2) is 51.9 Å². The number of ether oxygens (including phenoxy) is 2. The Morgan fingerprint density at radius 3 is 2.46 bits per heavy atom. The number of hydrogen-bond acceptors (Lipinski definition) is 7. The molecule has 4 aromatic rings. The number of halogens is 1. The minimum atomic E-state index is -1.81. The molecule has 8 heteroatoms. The van der Waals surface area contributed by atoms with Crippen LogP contribution in [0.2, 0.25) is 0 Å². The third-order valence-corrected chi connectivity index (χ3v) is 8.67. The van der Waals surface area contributed by atoms with Crippen LogP contribution in [0, 0.1) is 5.92 Å². The molecule has 0 spiro atoms. The van der Waals surface area contributed by atoms with E-state index in [9.17, 15) is 10.2 Å². The summed E-state index contributed by atoms with van der Waals surface area (Å²) in [5.41, 5.74) is 0.0672. The van der Waals surface area contributed by atoms with Gasteiger partial charge in [0, 0.05) is 41.8 Å². The Morgan fingerprint density at radius 1 is 1.00 bits per heavy atom. The van der Waals surface area contributed by atoms with Gasteiger partial charge in [0.2, 0.25) is 0 Å². The molecule has 3 heterocycles. The van der Waals surface area contributed by atoms with Crippen LogP contribution in [0.5, 0.6) is 11.5 Å². The fourth-order valence-electron chi connectivity index (χ4n) is 6.66. The number of pyridine rings is 2. The van der Waals surface area contributed by atoms with Gasteiger partial charge < -0.3 is 24.6 Å². The topological polar surface area (TPSA) is 87.9 Å². The van der Waals surface area contributed by atoms with Crippen LogP contribution in [0.3, 0.4) is 0 Å². The lowest BCUT2D eigenvalue weighted by atomic mass is 9.70. The number of hydrogen-bond donors (Lipinski definition) is 2. The lowest BCUT2D eigenvalue weighted by molar-refractivity contribution is -0.152. The Morgan fingerprint density at radius 2 is 1.77 bits per heavy atom. The molecule has 1 aliphatic heterocycles. The number of aliphatic hydroxyl groups excluding tert-OH is 1. The summed E-state index contributed by atoms with van der Waals surface area (Å²) in [6, 6.07) is 21.7. The van der Waals surface area contributed by atoms with Gasteiger partial charge in [-0.3, -0.25) is 9.97 Å².